The lowest BCUT2D eigenvalue weighted by Crippen LogP contribution is -2.58. The molecule has 1 N–H and O–H groups in total. The molecule has 2 saturated heterocycles. The normalized spacial score (nSPS) is 19.8. The molecule has 2 aromatic rings. The molecule has 1 unspecified atom stereocenters. The molecule has 2 fully saturated rings. The van der Waals surface area contributed by atoms with Crippen LogP contribution in [0.5, 0.6) is 17.2 Å². The molecule has 0 saturated carbocycles. The SMILES string of the molecule is COCCN1CCC(C(=O)NOC2CCCCO2)(S(=O)(=O)c2ccc(Oc3ccc(OC(C)C)cc3)cc2)CC1. The van der Waals surface area contributed by atoms with Crippen LogP contribution in [0.25, 0.3) is 0 Å². The summed E-state index contributed by atoms with van der Waals surface area (Å²) in [6, 6.07) is 13.4. The van der Waals surface area contributed by atoms with Crippen molar-refractivity contribution in [3.05, 3.63) is 48.5 Å². The number of hydrogen-bond donors (Lipinski definition) is 1. The average molecular weight is 577 g/mol. The molecule has 1 atom stereocenters. The number of hydrogen-bond acceptors (Lipinski definition) is 9. The fourth-order valence-corrected chi connectivity index (χ4v) is 6.85. The Balaban J connectivity index is 1.50. The van der Waals surface area contributed by atoms with Crippen LogP contribution < -0.4 is 15.0 Å². The summed E-state index contributed by atoms with van der Waals surface area (Å²) in [5.41, 5.74) is 2.44. The predicted molar refractivity (Wildman–Crippen MR) is 149 cm³/mol. The van der Waals surface area contributed by atoms with Gasteiger partial charge in [0.2, 0.25) is 0 Å². The molecular weight excluding hydrogens is 536 g/mol. The maximum absolute atomic E-state index is 14.1. The van der Waals surface area contributed by atoms with Crippen molar-refractivity contribution in [2.75, 3.05) is 40.0 Å². The van der Waals surface area contributed by atoms with Gasteiger partial charge in [0.25, 0.3) is 5.91 Å². The van der Waals surface area contributed by atoms with Gasteiger partial charge in [-0.3, -0.25) is 4.79 Å². The van der Waals surface area contributed by atoms with E-state index in [9.17, 15) is 13.2 Å². The van der Waals surface area contributed by atoms with Gasteiger partial charge in [-0.2, -0.15) is 0 Å². The van der Waals surface area contributed by atoms with E-state index < -0.39 is 26.8 Å². The predicted octanol–water partition coefficient (Wildman–Crippen LogP) is 4.10. The smallest absolute Gasteiger partial charge is 0.265 e. The molecule has 220 valence electrons. The summed E-state index contributed by atoms with van der Waals surface area (Å²) in [6.45, 7) is 6.53. The second-order valence-corrected chi connectivity index (χ2v) is 12.6. The fourth-order valence-electron chi connectivity index (χ4n) is 4.90. The molecule has 0 spiro atoms. The zero-order valence-electron chi connectivity index (χ0n) is 23.5. The van der Waals surface area contributed by atoms with Gasteiger partial charge in [-0.1, -0.05) is 0 Å². The van der Waals surface area contributed by atoms with E-state index in [0.717, 1.165) is 18.6 Å². The minimum atomic E-state index is -4.09. The summed E-state index contributed by atoms with van der Waals surface area (Å²) in [7, 11) is -2.46. The number of sulfone groups is 1. The molecule has 40 heavy (non-hydrogen) atoms. The Morgan fingerprint density at radius 3 is 2.23 bits per heavy atom. The summed E-state index contributed by atoms with van der Waals surface area (Å²) >= 11 is 0. The van der Waals surface area contributed by atoms with Crippen LogP contribution in [0.2, 0.25) is 0 Å². The lowest BCUT2D eigenvalue weighted by molar-refractivity contribution is -0.202. The van der Waals surface area contributed by atoms with Crippen molar-refractivity contribution in [3.63, 3.8) is 0 Å². The first-order chi connectivity index (χ1) is 19.2. The van der Waals surface area contributed by atoms with E-state index in [2.05, 4.69) is 10.4 Å². The third kappa shape index (κ3) is 7.32. The molecule has 11 heteroatoms. The molecule has 2 aliphatic rings. The Bertz CT molecular complexity index is 1190. The van der Waals surface area contributed by atoms with Crippen LogP contribution in [-0.2, 0) is 28.9 Å². The molecule has 4 rings (SSSR count). The Morgan fingerprint density at radius 2 is 1.65 bits per heavy atom. The lowest BCUT2D eigenvalue weighted by Gasteiger charge is -2.40. The third-order valence-corrected chi connectivity index (χ3v) is 9.71. The van der Waals surface area contributed by atoms with Crippen molar-refractivity contribution in [1.82, 2.24) is 10.4 Å². The number of benzene rings is 2. The second kappa shape index (κ2) is 13.8. The number of amides is 1. The summed E-state index contributed by atoms with van der Waals surface area (Å²) in [5.74, 6) is 1.13. The Kier molecular flexibility index (Phi) is 10.4. The number of methoxy groups -OCH3 is 1. The second-order valence-electron chi connectivity index (χ2n) is 10.4. The van der Waals surface area contributed by atoms with Crippen LogP contribution in [0, 0.1) is 0 Å². The quantitative estimate of drug-likeness (QED) is 0.373. The molecule has 2 heterocycles. The van der Waals surface area contributed by atoms with Crippen LogP contribution in [0.15, 0.2) is 53.4 Å². The average Bonchev–Trinajstić information content (AvgIpc) is 2.96. The van der Waals surface area contributed by atoms with Gasteiger partial charge < -0.3 is 23.8 Å². The van der Waals surface area contributed by atoms with Crippen molar-refractivity contribution in [3.8, 4) is 17.2 Å². The van der Waals surface area contributed by atoms with Gasteiger partial charge in [0.05, 0.1) is 17.6 Å². The van der Waals surface area contributed by atoms with Gasteiger partial charge >= 0.3 is 0 Å². The number of carbonyl (C=O) groups is 1. The number of carbonyl (C=O) groups excluding carboxylic acids is 1. The van der Waals surface area contributed by atoms with E-state index in [4.69, 9.17) is 23.8 Å². The number of piperidine rings is 1. The first-order valence-electron chi connectivity index (χ1n) is 13.8. The number of nitrogens with one attached hydrogen (secondary N) is 1. The van der Waals surface area contributed by atoms with Gasteiger partial charge in [-0.05, 0) is 88.1 Å². The van der Waals surface area contributed by atoms with E-state index in [0.29, 0.717) is 50.8 Å². The monoisotopic (exact) mass is 576 g/mol. The van der Waals surface area contributed by atoms with Crippen molar-refractivity contribution in [2.45, 2.75) is 68.0 Å². The molecule has 0 aromatic heterocycles. The maximum Gasteiger partial charge on any atom is 0.265 e. The van der Waals surface area contributed by atoms with Crippen molar-refractivity contribution in [1.29, 1.82) is 0 Å². The molecule has 0 radical (unpaired) electrons. The van der Waals surface area contributed by atoms with Crippen LogP contribution in [0.1, 0.15) is 46.0 Å². The molecule has 0 aliphatic carbocycles. The molecular formula is C29H40N2O8S. The third-order valence-electron chi connectivity index (χ3n) is 7.19. The van der Waals surface area contributed by atoms with E-state index in [1.54, 1.807) is 31.4 Å². The van der Waals surface area contributed by atoms with Crippen molar-refractivity contribution >= 4 is 15.7 Å². The highest BCUT2D eigenvalue weighted by Crippen LogP contribution is 2.37. The summed E-state index contributed by atoms with van der Waals surface area (Å²) < 4.78 is 48.7. The fraction of sp³-hybridized carbons (Fsp3) is 0.552. The summed E-state index contributed by atoms with van der Waals surface area (Å²) in [5, 5.41) is 0. The maximum atomic E-state index is 14.1. The molecule has 0 bridgehead atoms. The van der Waals surface area contributed by atoms with E-state index in [-0.39, 0.29) is 23.8 Å². The molecule has 1 amide bonds. The van der Waals surface area contributed by atoms with Crippen LogP contribution in [-0.4, -0.2) is 76.3 Å². The van der Waals surface area contributed by atoms with Gasteiger partial charge in [0.1, 0.15) is 17.2 Å². The van der Waals surface area contributed by atoms with Crippen molar-refractivity contribution in [2.24, 2.45) is 0 Å². The van der Waals surface area contributed by atoms with Crippen molar-refractivity contribution < 1.29 is 37.0 Å². The minimum absolute atomic E-state index is 0.0509. The zero-order valence-corrected chi connectivity index (χ0v) is 24.3. The summed E-state index contributed by atoms with van der Waals surface area (Å²) in [6.07, 6.45) is 2.23. The van der Waals surface area contributed by atoms with Gasteiger partial charge in [0, 0.05) is 39.8 Å². The molecule has 2 aliphatic heterocycles. The van der Waals surface area contributed by atoms with Crippen LogP contribution in [0.4, 0.5) is 0 Å². The van der Waals surface area contributed by atoms with E-state index in [1.807, 2.05) is 26.0 Å². The molecule has 10 nitrogen and oxygen atoms in total. The highest BCUT2D eigenvalue weighted by molar-refractivity contribution is 7.93. The number of likely N-dealkylation sites (tertiary alicyclic amines) is 1. The highest BCUT2D eigenvalue weighted by Gasteiger charge is 2.53. The highest BCUT2D eigenvalue weighted by atomic mass is 32.2. The molecule has 2 aromatic carbocycles. The number of ether oxygens (including phenoxy) is 4. The number of rotatable bonds is 12. The Labute approximate surface area is 236 Å². The van der Waals surface area contributed by atoms with Gasteiger partial charge in [0.15, 0.2) is 20.9 Å². The largest absolute Gasteiger partial charge is 0.491 e. The zero-order chi connectivity index (χ0) is 28.6. The first kappa shape index (κ1) is 30.3. The topological polar surface area (TPSA) is 113 Å². The first-order valence-corrected chi connectivity index (χ1v) is 15.3. The minimum Gasteiger partial charge on any atom is -0.491 e. The number of nitrogens with zero attached hydrogens (tertiary/aromatic N) is 1. The van der Waals surface area contributed by atoms with E-state index >= 15 is 0 Å². The lowest BCUT2D eigenvalue weighted by atomic mass is 9.95. The summed E-state index contributed by atoms with van der Waals surface area (Å²) in [4.78, 5) is 21.2. The van der Waals surface area contributed by atoms with Crippen LogP contribution in [0.3, 0.4) is 0 Å². The Hall–Kier alpha value is -2.70. The Morgan fingerprint density at radius 1 is 1.02 bits per heavy atom. The van der Waals surface area contributed by atoms with Gasteiger partial charge in [-0.15, -0.1) is 0 Å². The standard InChI is InChI=1S/C29H40N2O8S/c1-22(2)37-23-7-9-24(10-8-23)38-25-11-13-26(14-12-25)40(33,34)29(15-17-31(18-16-29)19-21-35-3)28(32)30-39-27-6-4-5-20-36-27/h7-14,22,27H,4-6,15-21H2,1-3H3,(H,30,32). The van der Waals surface area contributed by atoms with Crippen LogP contribution >= 0.6 is 0 Å². The van der Waals surface area contributed by atoms with E-state index in [1.165, 1.54) is 12.1 Å². The number of hydroxylamine groups is 1. The van der Waals surface area contributed by atoms with Gasteiger partial charge in [-0.25, -0.2) is 18.7 Å².